The van der Waals surface area contributed by atoms with Crippen LogP contribution < -0.4 is 0 Å². The fraction of sp³-hybridized carbons (Fsp3) is 0.562. The van der Waals surface area contributed by atoms with E-state index < -0.39 is 21.6 Å². The second-order valence-electron chi connectivity index (χ2n) is 6.55. The molecule has 134 valence electrons. The lowest BCUT2D eigenvalue weighted by atomic mass is 9.94. The molecule has 2 N–H and O–H groups in total. The van der Waals surface area contributed by atoms with Crippen molar-refractivity contribution in [3.05, 3.63) is 29.8 Å². The summed E-state index contributed by atoms with van der Waals surface area (Å²) in [6, 6.07) is 5.20. The lowest BCUT2D eigenvalue weighted by Crippen LogP contribution is -2.41. The summed E-state index contributed by atoms with van der Waals surface area (Å²) in [5.41, 5.74) is -0.842. The molecule has 0 spiro atoms. The first-order chi connectivity index (χ1) is 11.1. The molecule has 1 aliphatic heterocycles. The van der Waals surface area contributed by atoms with E-state index in [4.69, 9.17) is 5.11 Å². The van der Waals surface area contributed by atoms with Crippen LogP contribution in [0.2, 0.25) is 0 Å². The van der Waals surface area contributed by atoms with Gasteiger partial charge >= 0.3 is 5.97 Å². The van der Waals surface area contributed by atoms with Crippen molar-refractivity contribution in [3.8, 4) is 0 Å². The van der Waals surface area contributed by atoms with Crippen LogP contribution in [0.25, 0.3) is 0 Å². The largest absolute Gasteiger partial charge is 0.478 e. The van der Waals surface area contributed by atoms with Crippen LogP contribution in [0.5, 0.6) is 0 Å². The van der Waals surface area contributed by atoms with Crippen molar-refractivity contribution in [1.29, 1.82) is 0 Å². The predicted molar refractivity (Wildman–Crippen MR) is 89.5 cm³/mol. The van der Waals surface area contributed by atoms with Crippen LogP contribution in [-0.4, -0.2) is 73.1 Å². The summed E-state index contributed by atoms with van der Waals surface area (Å²) in [5.74, 6) is -1.09. The molecular formula is C16H24N2O5S. The molecule has 1 heterocycles. The zero-order valence-electron chi connectivity index (χ0n) is 14.0. The summed E-state index contributed by atoms with van der Waals surface area (Å²) in [4.78, 5) is 12.8. The maximum absolute atomic E-state index is 12.7. The zero-order chi connectivity index (χ0) is 18.0. The number of benzene rings is 1. The summed E-state index contributed by atoms with van der Waals surface area (Å²) < 4.78 is 26.9. The third-order valence-electron chi connectivity index (χ3n) is 4.23. The Balaban J connectivity index is 2.16. The zero-order valence-corrected chi connectivity index (χ0v) is 14.8. The van der Waals surface area contributed by atoms with Crippen molar-refractivity contribution >= 4 is 16.0 Å². The Hall–Kier alpha value is -1.48. The second kappa shape index (κ2) is 7.18. The monoisotopic (exact) mass is 356 g/mol. The molecule has 0 radical (unpaired) electrons. The van der Waals surface area contributed by atoms with Gasteiger partial charge in [-0.1, -0.05) is 0 Å². The molecule has 1 aromatic carbocycles. The van der Waals surface area contributed by atoms with Crippen molar-refractivity contribution in [1.82, 2.24) is 9.21 Å². The Labute approximate surface area is 142 Å². The van der Waals surface area contributed by atoms with Gasteiger partial charge < -0.3 is 15.1 Å². The highest BCUT2D eigenvalue weighted by Crippen LogP contribution is 2.26. The fourth-order valence-electron chi connectivity index (χ4n) is 3.06. The van der Waals surface area contributed by atoms with Gasteiger partial charge in [0.15, 0.2) is 0 Å². The lowest BCUT2D eigenvalue weighted by Gasteiger charge is -2.29. The van der Waals surface area contributed by atoms with Gasteiger partial charge in [0.05, 0.1) is 16.1 Å². The third kappa shape index (κ3) is 4.32. The Morgan fingerprint density at radius 2 is 1.83 bits per heavy atom. The average molecular weight is 356 g/mol. The summed E-state index contributed by atoms with van der Waals surface area (Å²) in [5, 5.41) is 19.5. The minimum atomic E-state index is -3.69. The van der Waals surface area contributed by atoms with E-state index in [9.17, 15) is 18.3 Å². The highest BCUT2D eigenvalue weighted by Gasteiger charge is 2.34. The van der Waals surface area contributed by atoms with E-state index >= 15 is 0 Å². The maximum atomic E-state index is 12.7. The third-order valence-corrected chi connectivity index (χ3v) is 6.14. The van der Waals surface area contributed by atoms with Gasteiger partial charge in [-0.05, 0) is 57.6 Å². The van der Waals surface area contributed by atoms with Gasteiger partial charge in [0, 0.05) is 19.6 Å². The van der Waals surface area contributed by atoms with Crippen molar-refractivity contribution < 1.29 is 23.4 Å². The van der Waals surface area contributed by atoms with Crippen LogP contribution in [-0.2, 0) is 10.0 Å². The lowest BCUT2D eigenvalue weighted by molar-refractivity contribution is 0.00404. The number of hydrogen-bond donors (Lipinski definition) is 2. The Morgan fingerprint density at radius 3 is 2.38 bits per heavy atom. The Bertz CT molecular complexity index is 687. The molecule has 7 nitrogen and oxygen atoms in total. The molecule has 0 bridgehead atoms. The molecule has 24 heavy (non-hydrogen) atoms. The van der Waals surface area contributed by atoms with Crippen LogP contribution >= 0.6 is 0 Å². The molecule has 0 aromatic heterocycles. The van der Waals surface area contributed by atoms with Crippen LogP contribution in [0.4, 0.5) is 0 Å². The van der Waals surface area contributed by atoms with Crippen molar-refractivity contribution in [3.63, 3.8) is 0 Å². The van der Waals surface area contributed by atoms with E-state index in [1.54, 1.807) is 0 Å². The SMILES string of the molecule is CN(C)C[C@]1(O)CCCN(S(=O)(=O)c2ccc(C(=O)O)cc2)CC1. The first-order valence-corrected chi connectivity index (χ1v) is 9.29. The van der Waals surface area contributed by atoms with Gasteiger partial charge in [-0.15, -0.1) is 0 Å². The normalized spacial score (nSPS) is 23.2. The van der Waals surface area contributed by atoms with Gasteiger partial charge in [0.25, 0.3) is 0 Å². The van der Waals surface area contributed by atoms with E-state index in [2.05, 4.69) is 0 Å². The van der Waals surface area contributed by atoms with E-state index in [0.717, 1.165) is 0 Å². The number of carboxylic acids is 1. The van der Waals surface area contributed by atoms with Gasteiger partial charge in [0.1, 0.15) is 0 Å². The summed E-state index contributed by atoms with van der Waals surface area (Å²) >= 11 is 0. The Morgan fingerprint density at radius 1 is 1.21 bits per heavy atom. The smallest absolute Gasteiger partial charge is 0.335 e. The second-order valence-corrected chi connectivity index (χ2v) is 8.49. The molecule has 8 heteroatoms. The van der Waals surface area contributed by atoms with Crippen LogP contribution in [0.1, 0.15) is 29.6 Å². The standard InChI is InChI=1S/C16H24N2O5S/c1-17(2)12-16(21)8-3-10-18(11-9-16)24(22,23)14-6-4-13(5-7-14)15(19)20/h4-7,21H,3,8-12H2,1-2H3,(H,19,20)/t16-/m0/s1. The molecule has 2 rings (SSSR count). The number of hydrogen-bond acceptors (Lipinski definition) is 5. The number of rotatable bonds is 5. The van der Waals surface area contributed by atoms with Crippen molar-refractivity contribution in [2.75, 3.05) is 33.7 Å². The van der Waals surface area contributed by atoms with Crippen molar-refractivity contribution in [2.45, 2.75) is 29.8 Å². The van der Waals surface area contributed by atoms with Gasteiger partial charge in [0.2, 0.25) is 10.0 Å². The van der Waals surface area contributed by atoms with Gasteiger partial charge in [-0.3, -0.25) is 0 Å². The molecule has 0 amide bonds. The molecule has 1 atom stereocenters. The van der Waals surface area contributed by atoms with Crippen LogP contribution in [0.3, 0.4) is 0 Å². The summed E-state index contributed by atoms with van der Waals surface area (Å²) in [7, 11) is 0.0619. The number of sulfonamides is 1. The Kier molecular flexibility index (Phi) is 5.64. The van der Waals surface area contributed by atoms with E-state index in [1.807, 2.05) is 19.0 Å². The minimum Gasteiger partial charge on any atom is -0.478 e. The van der Waals surface area contributed by atoms with E-state index in [-0.39, 0.29) is 17.0 Å². The molecule has 1 aliphatic rings. The van der Waals surface area contributed by atoms with Crippen molar-refractivity contribution in [2.24, 2.45) is 0 Å². The topological polar surface area (TPSA) is 98.2 Å². The summed E-state index contributed by atoms with van der Waals surface area (Å²) in [6.07, 6.45) is 1.50. The van der Waals surface area contributed by atoms with Crippen LogP contribution in [0.15, 0.2) is 29.2 Å². The number of aromatic carboxylic acids is 1. The van der Waals surface area contributed by atoms with E-state index in [1.165, 1.54) is 28.6 Å². The fourth-order valence-corrected chi connectivity index (χ4v) is 4.54. The molecule has 1 saturated heterocycles. The highest BCUT2D eigenvalue weighted by molar-refractivity contribution is 7.89. The highest BCUT2D eigenvalue weighted by atomic mass is 32.2. The van der Waals surface area contributed by atoms with Gasteiger partial charge in [-0.2, -0.15) is 4.31 Å². The van der Waals surface area contributed by atoms with Gasteiger partial charge in [-0.25, -0.2) is 13.2 Å². The first kappa shape index (κ1) is 18.9. The molecule has 0 saturated carbocycles. The molecule has 1 aromatic rings. The average Bonchev–Trinajstić information content (AvgIpc) is 2.68. The van der Waals surface area contributed by atoms with E-state index in [0.29, 0.717) is 32.4 Å². The van der Waals surface area contributed by atoms with Crippen LogP contribution in [0, 0.1) is 0 Å². The number of aliphatic hydroxyl groups is 1. The first-order valence-electron chi connectivity index (χ1n) is 7.85. The molecular weight excluding hydrogens is 332 g/mol. The minimum absolute atomic E-state index is 0.0465. The molecule has 0 unspecified atom stereocenters. The molecule has 1 fully saturated rings. The molecule has 0 aliphatic carbocycles. The number of carboxylic acid groups (broad SMARTS) is 1. The quantitative estimate of drug-likeness (QED) is 0.812. The number of likely N-dealkylation sites (N-methyl/N-ethyl adjacent to an activating group) is 1. The number of nitrogens with zero attached hydrogens (tertiary/aromatic N) is 2. The summed E-state index contributed by atoms with van der Waals surface area (Å²) in [6.45, 7) is 1.08. The number of carbonyl (C=O) groups is 1. The maximum Gasteiger partial charge on any atom is 0.335 e. The predicted octanol–water partition coefficient (Wildman–Crippen LogP) is 0.852.